The van der Waals surface area contributed by atoms with Crippen LogP contribution in [-0.4, -0.2) is 10.1 Å². The summed E-state index contributed by atoms with van der Waals surface area (Å²) in [4.78, 5) is 4.58. The highest BCUT2D eigenvalue weighted by Crippen LogP contribution is 2.52. The molecule has 27 heavy (non-hydrogen) atoms. The van der Waals surface area contributed by atoms with E-state index in [0.717, 1.165) is 43.5 Å². The van der Waals surface area contributed by atoms with Crippen LogP contribution in [0.3, 0.4) is 0 Å². The quantitative estimate of drug-likeness (QED) is 0.451. The van der Waals surface area contributed by atoms with Crippen molar-refractivity contribution in [2.24, 2.45) is 0 Å². The lowest BCUT2D eigenvalue weighted by atomic mass is 9.80. The van der Waals surface area contributed by atoms with Gasteiger partial charge in [-0.3, -0.25) is 4.98 Å². The third-order valence-corrected chi connectivity index (χ3v) is 5.72. The third kappa shape index (κ3) is 2.39. The van der Waals surface area contributed by atoms with Gasteiger partial charge in [0.2, 0.25) is 0 Å². The number of aliphatic hydroxyl groups is 1. The molecule has 1 N–H and O–H groups in total. The summed E-state index contributed by atoms with van der Waals surface area (Å²) < 4.78 is 0.935. The Morgan fingerprint density at radius 3 is 2.30 bits per heavy atom. The molecule has 3 aromatic carbocycles. The van der Waals surface area contributed by atoms with E-state index in [1.165, 1.54) is 0 Å². The molecule has 1 heterocycles. The van der Waals surface area contributed by atoms with Gasteiger partial charge in [0.25, 0.3) is 0 Å². The van der Waals surface area contributed by atoms with Crippen molar-refractivity contribution in [2.75, 3.05) is 0 Å². The van der Waals surface area contributed by atoms with Crippen LogP contribution in [0.25, 0.3) is 22.4 Å². The van der Waals surface area contributed by atoms with Gasteiger partial charge in [0.15, 0.2) is 0 Å². The van der Waals surface area contributed by atoms with E-state index in [1.54, 1.807) is 6.20 Å². The van der Waals surface area contributed by atoms with E-state index in [1.807, 2.05) is 66.7 Å². The Hall–Kier alpha value is -2.75. The highest BCUT2D eigenvalue weighted by Gasteiger charge is 2.45. The van der Waals surface area contributed by atoms with Crippen molar-refractivity contribution in [1.82, 2.24) is 4.98 Å². The van der Waals surface area contributed by atoms with Gasteiger partial charge in [-0.1, -0.05) is 82.7 Å². The lowest BCUT2D eigenvalue weighted by Crippen LogP contribution is -2.27. The average Bonchev–Trinajstić information content (AvgIpc) is 2.98. The minimum atomic E-state index is -1.25. The molecular formula is C24H16BrNO. The molecule has 3 heteroatoms. The number of rotatable bonds is 2. The van der Waals surface area contributed by atoms with E-state index in [9.17, 15) is 5.11 Å². The molecule has 130 valence electrons. The first kappa shape index (κ1) is 16.4. The van der Waals surface area contributed by atoms with Crippen LogP contribution in [0.15, 0.2) is 95.6 Å². The first-order valence-electron chi connectivity index (χ1n) is 8.83. The van der Waals surface area contributed by atoms with Gasteiger partial charge in [-0.25, -0.2) is 0 Å². The van der Waals surface area contributed by atoms with E-state index >= 15 is 0 Å². The third-order valence-electron chi connectivity index (χ3n) is 5.23. The predicted octanol–water partition coefficient (Wildman–Crippen LogP) is 5.78. The van der Waals surface area contributed by atoms with Gasteiger partial charge < -0.3 is 5.11 Å². The molecule has 0 saturated heterocycles. The SMILES string of the molecule is OC1(c2ccccc2-c2ccccc2)c2cc(Br)ccc2-c2ncccc21. The molecule has 5 rings (SSSR count). The molecule has 0 aliphatic heterocycles. The molecule has 1 atom stereocenters. The summed E-state index contributed by atoms with van der Waals surface area (Å²) in [5.41, 5.74) is 5.19. The van der Waals surface area contributed by atoms with Crippen molar-refractivity contribution in [1.29, 1.82) is 0 Å². The van der Waals surface area contributed by atoms with Gasteiger partial charge in [-0.2, -0.15) is 0 Å². The molecule has 1 aliphatic carbocycles. The van der Waals surface area contributed by atoms with E-state index in [-0.39, 0.29) is 0 Å². The van der Waals surface area contributed by atoms with Gasteiger partial charge in [-0.15, -0.1) is 0 Å². The number of benzene rings is 3. The second-order valence-electron chi connectivity index (χ2n) is 6.71. The minimum absolute atomic E-state index is 0.821. The van der Waals surface area contributed by atoms with E-state index in [0.29, 0.717) is 0 Å². The van der Waals surface area contributed by atoms with Crippen LogP contribution in [0, 0.1) is 0 Å². The largest absolute Gasteiger partial charge is 0.376 e. The van der Waals surface area contributed by atoms with Crippen molar-refractivity contribution < 1.29 is 5.11 Å². The summed E-state index contributed by atoms with van der Waals surface area (Å²) in [5, 5.41) is 12.2. The molecular weight excluding hydrogens is 398 g/mol. The fourth-order valence-corrected chi connectivity index (χ4v) is 4.40. The Morgan fingerprint density at radius 1 is 0.704 bits per heavy atom. The fraction of sp³-hybridized carbons (Fsp3) is 0.0417. The van der Waals surface area contributed by atoms with E-state index < -0.39 is 5.60 Å². The van der Waals surface area contributed by atoms with Crippen LogP contribution >= 0.6 is 15.9 Å². The number of aromatic nitrogens is 1. The van der Waals surface area contributed by atoms with Crippen molar-refractivity contribution in [3.63, 3.8) is 0 Å². The van der Waals surface area contributed by atoms with Crippen LogP contribution < -0.4 is 0 Å². The lowest BCUT2D eigenvalue weighted by molar-refractivity contribution is 0.131. The lowest BCUT2D eigenvalue weighted by Gasteiger charge is -2.29. The molecule has 4 aromatic rings. The Bertz CT molecular complexity index is 1160. The summed E-state index contributed by atoms with van der Waals surface area (Å²) >= 11 is 3.57. The molecule has 1 unspecified atom stereocenters. The second kappa shape index (κ2) is 6.15. The molecule has 0 saturated carbocycles. The number of nitrogens with zero attached hydrogens (tertiary/aromatic N) is 1. The van der Waals surface area contributed by atoms with Crippen molar-refractivity contribution in [2.45, 2.75) is 5.60 Å². The van der Waals surface area contributed by atoms with Gasteiger partial charge in [-0.05, 0) is 29.3 Å². The second-order valence-corrected chi connectivity index (χ2v) is 7.63. The zero-order valence-corrected chi connectivity index (χ0v) is 16.0. The number of pyridine rings is 1. The summed E-state index contributed by atoms with van der Waals surface area (Å²) in [6.45, 7) is 0. The molecule has 1 aliphatic rings. The van der Waals surface area contributed by atoms with Crippen molar-refractivity contribution >= 4 is 15.9 Å². The number of hydrogen-bond acceptors (Lipinski definition) is 2. The van der Waals surface area contributed by atoms with Gasteiger partial charge in [0, 0.05) is 32.9 Å². The highest BCUT2D eigenvalue weighted by atomic mass is 79.9. The summed E-state index contributed by atoms with van der Waals surface area (Å²) in [5.74, 6) is 0. The van der Waals surface area contributed by atoms with Crippen LogP contribution in [0.1, 0.15) is 16.7 Å². The molecule has 0 bridgehead atoms. The fourth-order valence-electron chi connectivity index (χ4n) is 4.04. The van der Waals surface area contributed by atoms with Crippen LogP contribution in [0.2, 0.25) is 0 Å². The minimum Gasteiger partial charge on any atom is -0.376 e. The first-order valence-corrected chi connectivity index (χ1v) is 9.62. The molecule has 0 radical (unpaired) electrons. The average molecular weight is 414 g/mol. The number of halogens is 1. The van der Waals surface area contributed by atoms with Crippen LogP contribution in [0.5, 0.6) is 0 Å². The summed E-state index contributed by atoms with van der Waals surface area (Å²) in [7, 11) is 0. The summed E-state index contributed by atoms with van der Waals surface area (Å²) in [6, 6.07) is 28.1. The van der Waals surface area contributed by atoms with Gasteiger partial charge in [0.05, 0.1) is 5.69 Å². The number of fused-ring (bicyclic) bond motifs is 3. The number of hydrogen-bond donors (Lipinski definition) is 1. The zero-order chi connectivity index (χ0) is 18.4. The van der Waals surface area contributed by atoms with Crippen LogP contribution in [0.4, 0.5) is 0 Å². The first-order chi connectivity index (χ1) is 13.2. The zero-order valence-electron chi connectivity index (χ0n) is 14.4. The Labute approximate surface area is 166 Å². The maximum atomic E-state index is 12.2. The van der Waals surface area contributed by atoms with Gasteiger partial charge >= 0.3 is 0 Å². The highest BCUT2D eigenvalue weighted by molar-refractivity contribution is 9.10. The molecule has 0 amide bonds. The van der Waals surface area contributed by atoms with Gasteiger partial charge in [0.1, 0.15) is 5.60 Å². The smallest absolute Gasteiger partial charge is 0.143 e. The molecule has 2 nitrogen and oxygen atoms in total. The normalized spacial score (nSPS) is 17.4. The van der Waals surface area contributed by atoms with E-state index in [4.69, 9.17) is 0 Å². The van der Waals surface area contributed by atoms with Crippen molar-refractivity contribution in [3.8, 4) is 22.4 Å². The Morgan fingerprint density at radius 2 is 1.44 bits per heavy atom. The molecule has 1 aromatic heterocycles. The Balaban J connectivity index is 1.86. The predicted molar refractivity (Wildman–Crippen MR) is 111 cm³/mol. The summed E-state index contributed by atoms with van der Waals surface area (Å²) in [6.07, 6.45) is 1.78. The molecule has 0 fully saturated rings. The maximum absolute atomic E-state index is 12.2. The molecule has 0 spiro atoms. The maximum Gasteiger partial charge on any atom is 0.143 e. The Kier molecular flexibility index (Phi) is 3.74. The standard InChI is InChI=1S/C24H16BrNO/c25-17-12-13-19-22(15-17)24(27,21-11-6-14-26-23(19)21)20-10-5-4-9-18(20)16-7-2-1-3-8-16/h1-15,27H. The van der Waals surface area contributed by atoms with Crippen LogP contribution in [-0.2, 0) is 5.60 Å². The van der Waals surface area contributed by atoms with E-state index in [2.05, 4.69) is 39.1 Å². The van der Waals surface area contributed by atoms with Crippen molar-refractivity contribution in [3.05, 3.63) is 112 Å². The topological polar surface area (TPSA) is 33.1 Å². The monoisotopic (exact) mass is 413 g/mol.